The van der Waals surface area contributed by atoms with Crippen LogP contribution in [-0.4, -0.2) is 59.5 Å². The Kier molecular flexibility index (Phi) is 6.63. The molecule has 6 nitrogen and oxygen atoms in total. The van der Waals surface area contributed by atoms with E-state index in [-0.39, 0.29) is 11.5 Å². The third-order valence-corrected chi connectivity index (χ3v) is 6.49. The van der Waals surface area contributed by atoms with Gasteiger partial charge in [-0.2, -0.15) is 5.10 Å². The zero-order chi connectivity index (χ0) is 24.6. The van der Waals surface area contributed by atoms with Gasteiger partial charge in [0.15, 0.2) is 0 Å². The molecule has 0 spiro atoms. The van der Waals surface area contributed by atoms with Gasteiger partial charge in [0.05, 0.1) is 37.2 Å². The van der Waals surface area contributed by atoms with Crippen LogP contribution in [0.1, 0.15) is 39.8 Å². The molecule has 34 heavy (non-hydrogen) atoms. The fraction of sp³-hybridized carbons (Fsp3) is 0.464. The summed E-state index contributed by atoms with van der Waals surface area (Å²) in [5.41, 5.74) is 4.99. The molecule has 1 atom stereocenters. The average molecular weight is 463 g/mol. The van der Waals surface area contributed by atoms with Gasteiger partial charge in [-0.25, -0.2) is 0 Å². The molecule has 0 aliphatic carbocycles. The van der Waals surface area contributed by atoms with Crippen LogP contribution < -0.4 is 4.74 Å². The van der Waals surface area contributed by atoms with Crippen molar-refractivity contribution in [1.29, 1.82) is 0 Å². The first kappa shape index (κ1) is 24.1. The third kappa shape index (κ3) is 4.51. The molecule has 2 aliphatic heterocycles. The van der Waals surface area contributed by atoms with Crippen molar-refractivity contribution < 1.29 is 9.47 Å². The molecule has 2 aliphatic rings. The zero-order valence-corrected chi connectivity index (χ0v) is 21.5. The second-order valence-corrected chi connectivity index (χ2v) is 10.4. The molecule has 0 radical (unpaired) electrons. The first-order valence-electron chi connectivity index (χ1n) is 12.1. The van der Waals surface area contributed by atoms with Crippen molar-refractivity contribution in [2.75, 3.05) is 33.9 Å². The Hall–Kier alpha value is -2.99. The highest BCUT2D eigenvalue weighted by molar-refractivity contribution is 5.95. The summed E-state index contributed by atoms with van der Waals surface area (Å²) in [6.45, 7) is 20.3. The quantitative estimate of drug-likeness (QED) is 0.386. The van der Waals surface area contributed by atoms with Crippen LogP contribution in [0.3, 0.4) is 0 Å². The van der Waals surface area contributed by atoms with Gasteiger partial charge in [0, 0.05) is 23.7 Å². The van der Waals surface area contributed by atoms with Crippen molar-refractivity contribution in [3.8, 4) is 5.75 Å². The number of rotatable bonds is 8. The lowest BCUT2D eigenvalue weighted by Crippen LogP contribution is -2.47. The molecule has 0 saturated heterocycles. The lowest BCUT2D eigenvalue weighted by Gasteiger charge is -2.46. The van der Waals surface area contributed by atoms with Crippen LogP contribution in [0.15, 0.2) is 60.5 Å². The standard InChI is InChI=1S/C28H38N4O2/c1-9-33-20(3)22-17-31-23(16-19(22)2)27-21-12-10-13-24(34-15-11-14-30(7)8)26(21)29-32(27)18-25(31)28(4,5)6/h10,12-13,16-17,25H,2-3,9,11,14-15,18H2,1,4-8H3. The minimum absolute atomic E-state index is 0.0215. The van der Waals surface area contributed by atoms with Crippen molar-refractivity contribution in [1.82, 2.24) is 19.6 Å². The summed E-state index contributed by atoms with van der Waals surface area (Å²) in [6.07, 6.45) is 5.28. The van der Waals surface area contributed by atoms with Crippen LogP contribution in [0, 0.1) is 5.41 Å². The zero-order valence-electron chi connectivity index (χ0n) is 21.5. The summed E-state index contributed by atoms with van der Waals surface area (Å²) < 4.78 is 14.1. The van der Waals surface area contributed by atoms with Crippen molar-refractivity contribution >= 4 is 16.6 Å². The van der Waals surface area contributed by atoms with E-state index >= 15 is 0 Å². The molecule has 1 aromatic heterocycles. The van der Waals surface area contributed by atoms with Gasteiger partial charge >= 0.3 is 0 Å². The summed E-state index contributed by atoms with van der Waals surface area (Å²) >= 11 is 0. The molecule has 0 amide bonds. The van der Waals surface area contributed by atoms with Gasteiger partial charge in [-0.05, 0) is 50.6 Å². The smallest absolute Gasteiger partial charge is 0.147 e. The maximum Gasteiger partial charge on any atom is 0.147 e. The van der Waals surface area contributed by atoms with Crippen molar-refractivity contribution in [2.45, 2.75) is 46.7 Å². The van der Waals surface area contributed by atoms with Crippen molar-refractivity contribution in [3.05, 3.63) is 66.2 Å². The van der Waals surface area contributed by atoms with E-state index in [1.54, 1.807) is 0 Å². The summed E-state index contributed by atoms with van der Waals surface area (Å²) in [6, 6.07) is 6.43. The molecule has 0 bridgehead atoms. The molecule has 2 aromatic rings. The maximum atomic E-state index is 6.18. The largest absolute Gasteiger partial charge is 0.494 e. The van der Waals surface area contributed by atoms with E-state index in [9.17, 15) is 0 Å². The molecular weight excluding hydrogens is 424 g/mol. The Morgan fingerprint density at radius 3 is 2.71 bits per heavy atom. The Bertz CT molecular complexity index is 1160. The van der Waals surface area contributed by atoms with E-state index in [4.69, 9.17) is 14.6 Å². The Morgan fingerprint density at radius 2 is 2.03 bits per heavy atom. The molecule has 1 unspecified atom stereocenters. The minimum Gasteiger partial charge on any atom is -0.494 e. The van der Waals surface area contributed by atoms with Crippen LogP contribution in [0.5, 0.6) is 5.75 Å². The van der Waals surface area contributed by atoms with Gasteiger partial charge in [-0.1, -0.05) is 46.1 Å². The molecule has 0 saturated carbocycles. The number of ether oxygens (including phenoxy) is 2. The summed E-state index contributed by atoms with van der Waals surface area (Å²) in [5.74, 6) is 1.50. The fourth-order valence-corrected chi connectivity index (χ4v) is 4.71. The normalized spacial score (nSPS) is 17.9. The SMILES string of the molecule is C=C1C=C2c3c4cccc(OCCCN(C)C)c4nn3CC(C(C)(C)C)N2C=C1C(=C)OCC. The second kappa shape index (κ2) is 9.34. The number of nitrogens with zero attached hydrogens (tertiary/aromatic N) is 4. The topological polar surface area (TPSA) is 42.8 Å². The summed E-state index contributed by atoms with van der Waals surface area (Å²) in [5, 5.41) is 6.15. The molecular formula is C28H38N4O2. The highest BCUT2D eigenvalue weighted by Gasteiger charge is 2.40. The summed E-state index contributed by atoms with van der Waals surface area (Å²) in [7, 11) is 4.16. The van der Waals surface area contributed by atoms with Crippen LogP contribution in [0.2, 0.25) is 0 Å². The van der Waals surface area contributed by atoms with E-state index in [1.165, 1.54) is 0 Å². The maximum absolute atomic E-state index is 6.18. The molecule has 1 aromatic carbocycles. The van der Waals surface area contributed by atoms with E-state index in [2.05, 4.69) is 86.9 Å². The molecule has 6 heteroatoms. The molecule has 4 rings (SSSR count). The predicted octanol–water partition coefficient (Wildman–Crippen LogP) is 5.44. The first-order valence-corrected chi connectivity index (χ1v) is 12.1. The second-order valence-electron chi connectivity index (χ2n) is 10.4. The van der Waals surface area contributed by atoms with Gasteiger partial charge in [0.1, 0.15) is 17.0 Å². The minimum atomic E-state index is 0.0215. The average Bonchev–Trinajstić information content (AvgIpc) is 3.14. The van der Waals surface area contributed by atoms with E-state index in [1.807, 2.05) is 13.0 Å². The number of benzene rings is 1. The van der Waals surface area contributed by atoms with Crippen LogP contribution in [0.4, 0.5) is 0 Å². The highest BCUT2D eigenvalue weighted by Crippen LogP contribution is 2.44. The van der Waals surface area contributed by atoms with Crippen LogP contribution in [0.25, 0.3) is 16.6 Å². The number of aromatic nitrogens is 2. The lowest BCUT2D eigenvalue weighted by atomic mass is 9.82. The van der Waals surface area contributed by atoms with Gasteiger partial charge in [-0.15, -0.1) is 0 Å². The molecule has 3 heterocycles. The number of allylic oxidation sites excluding steroid dienone is 2. The van der Waals surface area contributed by atoms with Gasteiger partial charge in [0.2, 0.25) is 0 Å². The van der Waals surface area contributed by atoms with Gasteiger partial charge < -0.3 is 19.3 Å². The van der Waals surface area contributed by atoms with Crippen LogP contribution in [-0.2, 0) is 11.3 Å². The van der Waals surface area contributed by atoms with Gasteiger partial charge in [0.25, 0.3) is 0 Å². The van der Waals surface area contributed by atoms with E-state index in [0.717, 1.165) is 58.7 Å². The first-order chi connectivity index (χ1) is 16.1. The number of hydrogen-bond acceptors (Lipinski definition) is 5. The molecule has 0 fully saturated rings. The number of fused-ring (bicyclic) bond motifs is 5. The highest BCUT2D eigenvalue weighted by atomic mass is 16.5. The van der Waals surface area contributed by atoms with Gasteiger partial charge in [-0.3, -0.25) is 4.68 Å². The fourth-order valence-electron chi connectivity index (χ4n) is 4.71. The van der Waals surface area contributed by atoms with Crippen molar-refractivity contribution in [3.63, 3.8) is 0 Å². The Morgan fingerprint density at radius 1 is 1.26 bits per heavy atom. The predicted molar refractivity (Wildman–Crippen MR) is 139 cm³/mol. The Labute approximate surface area is 203 Å². The van der Waals surface area contributed by atoms with Crippen molar-refractivity contribution in [2.24, 2.45) is 5.41 Å². The molecule has 0 N–H and O–H groups in total. The monoisotopic (exact) mass is 462 g/mol. The van der Waals surface area contributed by atoms with E-state index < -0.39 is 0 Å². The molecule has 182 valence electrons. The number of hydrogen-bond donors (Lipinski definition) is 0. The van der Waals surface area contributed by atoms with E-state index in [0.29, 0.717) is 19.0 Å². The third-order valence-electron chi connectivity index (χ3n) is 6.49. The lowest BCUT2D eigenvalue weighted by molar-refractivity contribution is 0.155. The summed E-state index contributed by atoms with van der Waals surface area (Å²) in [4.78, 5) is 4.54. The van der Waals surface area contributed by atoms with Crippen LogP contribution >= 0.6 is 0 Å². The Balaban J connectivity index is 1.77.